The summed E-state index contributed by atoms with van der Waals surface area (Å²) in [5.41, 5.74) is 1.67. The summed E-state index contributed by atoms with van der Waals surface area (Å²) >= 11 is 6.08. The number of phenolic OH excluding ortho intramolecular Hbond substituents is 1. The Morgan fingerprint density at radius 3 is 2.67 bits per heavy atom. The number of rotatable bonds is 4. The van der Waals surface area contributed by atoms with Gasteiger partial charge < -0.3 is 9.90 Å². The predicted octanol–water partition coefficient (Wildman–Crippen LogP) is 3.30. The van der Waals surface area contributed by atoms with Gasteiger partial charge in [0.15, 0.2) is 0 Å². The molecule has 0 atom stereocenters. The van der Waals surface area contributed by atoms with Gasteiger partial charge in [-0.05, 0) is 35.6 Å². The molecule has 0 aliphatic carbocycles. The van der Waals surface area contributed by atoms with Crippen LogP contribution < -0.4 is 0 Å². The van der Waals surface area contributed by atoms with Crippen molar-refractivity contribution in [3.8, 4) is 5.75 Å². The van der Waals surface area contributed by atoms with Crippen molar-refractivity contribution in [1.82, 2.24) is 0 Å². The van der Waals surface area contributed by atoms with Gasteiger partial charge in [0.2, 0.25) is 0 Å². The number of halogens is 1. The first-order valence-electron chi connectivity index (χ1n) is 5.01. The summed E-state index contributed by atoms with van der Waals surface area (Å²) in [6.07, 6.45) is 1.78. The molecule has 1 aromatic rings. The molecule has 0 aliphatic heterocycles. The van der Waals surface area contributed by atoms with Gasteiger partial charge in [-0.2, -0.15) is 0 Å². The van der Waals surface area contributed by atoms with Crippen LogP contribution >= 0.6 is 11.6 Å². The third kappa shape index (κ3) is 2.96. The molecule has 0 heterocycles. The first kappa shape index (κ1) is 12.1. The number of hydrogen-bond acceptors (Lipinski definition) is 2. The summed E-state index contributed by atoms with van der Waals surface area (Å²) in [6, 6.07) is 3.43. The molecule has 0 amide bonds. The van der Waals surface area contributed by atoms with Gasteiger partial charge >= 0.3 is 0 Å². The van der Waals surface area contributed by atoms with E-state index in [0.717, 1.165) is 17.4 Å². The van der Waals surface area contributed by atoms with E-state index in [1.807, 2.05) is 13.8 Å². The Balaban J connectivity index is 3.02. The summed E-state index contributed by atoms with van der Waals surface area (Å²) in [5, 5.41) is 10.4. The van der Waals surface area contributed by atoms with Crippen LogP contribution in [0.1, 0.15) is 37.3 Å². The third-order valence-electron chi connectivity index (χ3n) is 2.35. The lowest BCUT2D eigenvalue weighted by atomic mass is 9.99. The lowest BCUT2D eigenvalue weighted by Crippen LogP contribution is -1.93. The molecular formula is C12H15ClO2. The molecule has 1 rings (SSSR count). The van der Waals surface area contributed by atoms with Crippen LogP contribution in [-0.2, 0) is 11.2 Å². The van der Waals surface area contributed by atoms with Crippen molar-refractivity contribution >= 4 is 17.9 Å². The van der Waals surface area contributed by atoms with Crippen LogP contribution in [0.4, 0.5) is 0 Å². The van der Waals surface area contributed by atoms with Gasteiger partial charge in [0.1, 0.15) is 12.0 Å². The van der Waals surface area contributed by atoms with E-state index >= 15 is 0 Å². The minimum atomic E-state index is 0.227. The summed E-state index contributed by atoms with van der Waals surface area (Å²) in [6.45, 7) is 4.04. The van der Waals surface area contributed by atoms with Crippen LogP contribution in [0.5, 0.6) is 5.75 Å². The van der Waals surface area contributed by atoms with Crippen LogP contribution in [0.15, 0.2) is 12.1 Å². The van der Waals surface area contributed by atoms with Crippen molar-refractivity contribution in [3.63, 3.8) is 0 Å². The van der Waals surface area contributed by atoms with Gasteiger partial charge in [-0.3, -0.25) is 0 Å². The van der Waals surface area contributed by atoms with Gasteiger partial charge in [0, 0.05) is 11.4 Å². The average molecular weight is 227 g/mol. The topological polar surface area (TPSA) is 37.3 Å². The molecule has 0 bridgehead atoms. The van der Waals surface area contributed by atoms with E-state index in [9.17, 15) is 9.90 Å². The van der Waals surface area contributed by atoms with Gasteiger partial charge in [0.05, 0.1) is 0 Å². The molecule has 1 aromatic carbocycles. The summed E-state index contributed by atoms with van der Waals surface area (Å²) < 4.78 is 0. The maximum atomic E-state index is 10.2. The van der Waals surface area contributed by atoms with Crippen molar-refractivity contribution < 1.29 is 9.90 Å². The fourth-order valence-corrected chi connectivity index (χ4v) is 1.88. The van der Waals surface area contributed by atoms with Crippen LogP contribution in [0.25, 0.3) is 0 Å². The van der Waals surface area contributed by atoms with Crippen molar-refractivity contribution in [2.75, 3.05) is 0 Å². The highest BCUT2D eigenvalue weighted by Crippen LogP contribution is 2.31. The summed E-state index contributed by atoms with van der Waals surface area (Å²) in [4.78, 5) is 10.2. The molecule has 0 saturated carbocycles. The number of phenols is 1. The summed E-state index contributed by atoms with van der Waals surface area (Å²) in [5.74, 6) is 0.508. The molecule has 3 heteroatoms. The minimum absolute atomic E-state index is 0.227. The maximum absolute atomic E-state index is 10.2. The quantitative estimate of drug-likeness (QED) is 0.800. The van der Waals surface area contributed by atoms with Crippen LogP contribution in [0.2, 0.25) is 5.02 Å². The lowest BCUT2D eigenvalue weighted by molar-refractivity contribution is -0.107. The molecule has 0 aromatic heterocycles. The second kappa shape index (κ2) is 5.17. The number of aldehydes is 1. The Hall–Kier alpha value is -1.02. The Morgan fingerprint density at radius 2 is 2.13 bits per heavy atom. The van der Waals surface area contributed by atoms with Crippen LogP contribution in [-0.4, -0.2) is 11.4 Å². The van der Waals surface area contributed by atoms with Crippen molar-refractivity contribution in [3.05, 3.63) is 28.3 Å². The minimum Gasteiger partial charge on any atom is -0.508 e. The Bertz CT molecular complexity index is 359. The molecule has 82 valence electrons. The zero-order chi connectivity index (χ0) is 11.4. The van der Waals surface area contributed by atoms with Gasteiger partial charge in [0.25, 0.3) is 0 Å². The van der Waals surface area contributed by atoms with E-state index in [1.54, 1.807) is 12.1 Å². The van der Waals surface area contributed by atoms with Crippen LogP contribution in [0, 0.1) is 0 Å². The molecule has 15 heavy (non-hydrogen) atoms. The van der Waals surface area contributed by atoms with E-state index in [2.05, 4.69) is 0 Å². The maximum Gasteiger partial charge on any atom is 0.120 e. The molecule has 0 fully saturated rings. The van der Waals surface area contributed by atoms with Crippen molar-refractivity contribution in [2.24, 2.45) is 0 Å². The first-order valence-corrected chi connectivity index (χ1v) is 5.39. The lowest BCUT2D eigenvalue weighted by Gasteiger charge is -2.11. The number of benzene rings is 1. The normalized spacial score (nSPS) is 10.7. The molecule has 0 radical (unpaired) electrons. The molecule has 0 spiro atoms. The first-order chi connectivity index (χ1) is 7.06. The number of carbonyl (C=O) groups excluding carboxylic acids is 1. The van der Waals surface area contributed by atoms with E-state index in [-0.39, 0.29) is 11.7 Å². The summed E-state index contributed by atoms with van der Waals surface area (Å²) in [7, 11) is 0. The molecule has 0 unspecified atom stereocenters. The predicted molar refractivity (Wildman–Crippen MR) is 61.6 cm³/mol. The smallest absolute Gasteiger partial charge is 0.120 e. The van der Waals surface area contributed by atoms with E-state index < -0.39 is 0 Å². The van der Waals surface area contributed by atoms with Gasteiger partial charge in [-0.25, -0.2) is 0 Å². The second-order valence-electron chi connectivity index (χ2n) is 3.86. The Morgan fingerprint density at radius 1 is 1.47 bits per heavy atom. The number of aromatic hydroxyl groups is 1. The standard InChI is InChI=1S/C12H15ClO2/c1-8(2)10-7-12(15)9(4-3-5-14)6-11(10)13/h5-8,15H,3-4H2,1-2H3. The monoisotopic (exact) mass is 226 g/mol. The van der Waals surface area contributed by atoms with Crippen LogP contribution in [0.3, 0.4) is 0 Å². The van der Waals surface area contributed by atoms with E-state index in [1.165, 1.54) is 0 Å². The Labute approximate surface area is 94.9 Å². The number of hydrogen-bond donors (Lipinski definition) is 1. The van der Waals surface area contributed by atoms with E-state index in [0.29, 0.717) is 17.9 Å². The molecule has 0 saturated heterocycles. The number of carbonyl (C=O) groups is 1. The van der Waals surface area contributed by atoms with E-state index in [4.69, 9.17) is 11.6 Å². The van der Waals surface area contributed by atoms with Gasteiger partial charge in [-0.15, -0.1) is 0 Å². The highest BCUT2D eigenvalue weighted by atomic mass is 35.5. The SMILES string of the molecule is CC(C)c1cc(O)c(CCC=O)cc1Cl. The third-order valence-corrected chi connectivity index (χ3v) is 2.68. The highest BCUT2D eigenvalue weighted by molar-refractivity contribution is 6.31. The second-order valence-corrected chi connectivity index (χ2v) is 4.27. The Kier molecular flexibility index (Phi) is 4.15. The van der Waals surface area contributed by atoms with Gasteiger partial charge in [-0.1, -0.05) is 25.4 Å². The fraction of sp³-hybridized carbons (Fsp3) is 0.417. The molecule has 2 nitrogen and oxygen atoms in total. The zero-order valence-corrected chi connectivity index (χ0v) is 9.71. The average Bonchev–Trinajstić information content (AvgIpc) is 2.18. The number of aryl methyl sites for hydroxylation is 1. The molecular weight excluding hydrogens is 212 g/mol. The van der Waals surface area contributed by atoms with Crippen molar-refractivity contribution in [1.29, 1.82) is 0 Å². The molecule has 1 N–H and O–H groups in total. The largest absolute Gasteiger partial charge is 0.508 e. The molecule has 0 aliphatic rings. The fourth-order valence-electron chi connectivity index (χ4n) is 1.48. The zero-order valence-electron chi connectivity index (χ0n) is 8.96. The van der Waals surface area contributed by atoms with Crippen molar-refractivity contribution in [2.45, 2.75) is 32.6 Å². The highest BCUT2D eigenvalue weighted by Gasteiger charge is 2.10.